The first-order valence-electron chi connectivity index (χ1n) is 3.95. The van der Waals surface area contributed by atoms with E-state index >= 15 is 0 Å². The molecule has 0 fully saturated rings. The molecule has 0 saturated carbocycles. The van der Waals surface area contributed by atoms with E-state index < -0.39 is 18.3 Å². The molecule has 15 heavy (non-hydrogen) atoms. The van der Waals surface area contributed by atoms with E-state index in [9.17, 15) is 18.3 Å². The van der Waals surface area contributed by atoms with E-state index in [1.807, 2.05) is 0 Å². The zero-order valence-electron chi connectivity index (χ0n) is 7.25. The summed E-state index contributed by atoms with van der Waals surface area (Å²) >= 11 is 1.17. The van der Waals surface area contributed by atoms with Crippen molar-refractivity contribution in [3.8, 4) is 0 Å². The van der Waals surface area contributed by atoms with E-state index in [4.69, 9.17) is 0 Å². The predicted molar refractivity (Wildman–Crippen MR) is 47.4 cm³/mol. The summed E-state index contributed by atoms with van der Waals surface area (Å²) in [6.45, 7) is 0. The summed E-state index contributed by atoms with van der Waals surface area (Å²) in [4.78, 5) is 3.82. The van der Waals surface area contributed by atoms with Crippen molar-refractivity contribution in [1.29, 1.82) is 0 Å². The van der Waals surface area contributed by atoms with Gasteiger partial charge in [-0.05, 0) is 0 Å². The predicted octanol–water partition coefficient (Wildman–Crippen LogP) is 1.09. The number of hydrogen-bond acceptors (Lipinski definition) is 5. The standard InChI is InChI=1S/C7H6F3N3OS/c8-7(9,10)6(14)3-4(12-13-6)5-11-1-2-15-5/h1-2,13-14H,3H2/t6-/m1/s1. The van der Waals surface area contributed by atoms with Crippen molar-refractivity contribution >= 4 is 17.0 Å². The van der Waals surface area contributed by atoms with E-state index in [0.717, 1.165) is 0 Å². The number of nitrogens with one attached hydrogen (secondary N) is 1. The Morgan fingerprint density at radius 2 is 2.27 bits per heavy atom. The van der Waals surface area contributed by atoms with Gasteiger partial charge in [0.25, 0.3) is 5.72 Å². The third kappa shape index (κ3) is 1.70. The maximum absolute atomic E-state index is 12.4. The summed E-state index contributed by atoms with van der Waals surface area (Å²) in [6, 6.07) is 0. The third-order valence-electron chi connectivity index (χ3n) is 1.95. The minimum absolute atomic E-state index is 0.116. The van der Waals surface area contributed by atoms with Gasteiger partial charge >= 0.3 is 6.18 Å². The Balaban J connectivity index is 2.18. The van der Waals surface area contributed by atoms with Crippen LogP contribution in [0.4, 0.5) is 13.2 Å². The van der Waals surface area contributed by atoms with Crippen LogP contribution in [0.3, 0.4) is 0 Å². The van der Waals surface area contributed by atoms with Crippen LogP contribution in [-0.4, -0.2) is 27.7 Å². The Kier molecular flexibility index (Phi) is 2.19. The number of aliphatic hydroxyl groups is 1. The Bertz CT molecular complexity index is 389. The summed E-state index contributed by atoms with van der Waals surface area (Å²) in [5.41, 5.74) is -1.15. The maximum atomic E-state index is 12.4. The molecule has 0 spiro atoms. The molecule has 1 aromatic rings. The van der Waals surface area contributed by atoms with Crippen LogP contribution in [0.25, 0.3) is 0 Å². The Hall–Kier alpha value is -1.15. The van der Waals surface area contributed by atoms with Crippen molar-refractivity contribution in [1.82, 2.24) is 10.4 Å². The van der Waals surface area contributed by atoms with Crippen molar-refractivity contribution in [3.63, 3.8) is 0 Å². The lowest BCUT2D eigenvalue weighted by molar-refractivity contribution is -0.266. The summed E-state index contributed by atoms with van der Waals surface area (Å²) in [5, 5.41) is 14.7. The van der Waals surface area contributed by atoms with Gasteiger partial charge in [-0.1, -0.05) is 0 Å². The molecule has 0 aliphatic carbocycles. The minimum atomic E-state index is -4.75. The highest BCUT2D eigenvalue weighted by molar-refractivity contribution is 7.11. The monoisotopic (exact) mass is 237 g/mol. The molecular formula is C7H6F3N3OS. The second-order valence-corrected chi connectivity index (χ2v) is 3.94. The van der Waals surface area contributed by atoms with Crippen molar-refractivity contribution in [2.45, 2.75) is 18.3 Å². The fourth-order valence-corrected chi connectivity index (χ4v) is 1.76. The van der Waals surface area contributed by atoms with E-state index in [1.165, 1.54) is 17.5 Å². The van der Waals surface area contributed by atoms with Gasteiger partial charge < -0.3 is 5.11 Å². The highest BCUT2D eigenvalue weighted by Crippen LogP contribution is 2.35. The molecule has 2 heterocycles. The van der Waals surface area contributed by atoms with Crippen LogP contribution in [0.2, 0.25) is 0 Å². The summed E-state index contributed by atoms with van der Waals surface area (Å²) in [5.74, 6) is 0. The number of alkyl halides is 3. The minimum Gasteiger partial charge on any atom is -0.362 e. The number of aromatic nitrogens is 1. The quantitative estimate of drug-likeness (QED) is 0.768. The normalized spacial score (nSPS) is 26.3. The molecule has 0 radical (unpaired) electrons. The summed E-state index contributed by atoms with van der Waals surface area (Å²) < 4.78 is 37.1. The van der Waals surface area contributed by atoms with Gasteiger partial charge in [-0.3, -0.25) is 5.43 Å². The lowest BCUT2D eigenvalue weighted by Crippen LogP contribution is -2.52. The molecule has 0 aromatic carbocycles. The van der Waals surface area contributed by atoms with Gasteiger partial charge in [-0.2, -0.15) is 18.3 Å². The molecule has 4 nitrogen and oxygen atoms in total. The van der Waals surface area contributed by atoms with Crippen molar-refractivity contribution in [3.05, 3.63) is 16.6 Å². The van der Waals surface area contributed by atoms with Crippen molar-refractivity contribution < 1.29 is 18.3 Å². The van der Waals surface area contributed by atoms with Crippen LogP contribution in [0.5, 0.6) is 0 Å². The highest BCUT2D eigenvalue weighted by atomic mass is 32.1. The Morgan fingerprint density at radius 1 is 1.53 bits per heavy atom. The number of halogens is 3. The molecule has 0 saturated heterocycles. The van der Waals surface area contributed by atoms with Gasteiger partial charge in [0.05, 0.1) is 6.42 Å². The van der Waals surface area contributed by atoms with Crippen molar-refractivity contribution in [2.75, 3.05) is 0 Å². The van der Waals surface area contributed by atoms with Crippen LogP contribution in [0.15, 0.2) is 16.7 Å². The lowest BCUT2D eigenvalue weighted by atomic mass is 10.1. The molecule has 0 unspecified atom stereocenters. The molecular weight excluding hydrogens is 231 g/mol. The largest absolute Gasteiger partial charge is 0.438 e. The Labute approximate surface area is 86.5 Å². The van der Waals surface area contributed by atoms with Gasteiger partial charge in [-0.25, -0.2) is 4.98 Å². The SMILES string of the molecule is O[C@@]1(C(F)(F)F)CC(c2nccs2)=NN1. The maximum Gasteiger partial charge on any atom is 0.438 e. The molecule has 1 aliphatic rings. The molecule has 82 valence electrons. The van der Waals surface area contributed by atoms with Crippen LogP contribution in [0.1, 0.15) is 11.4 Å². The molecule has 2 rings (SSSR count). The first-order valence-corrected chi connectivity index (χ1v) is 4.83. The van der Waals surface area contributed by atoms with E-state index in [2.05, 4.69) is 10.1 Å². The zero-order chi connectivity index (χ0) is 11.1. The third-order valence-corrected chi connectivity index (χ3v) is 2.77. The molecule has 1 aromatic heterocycles. The Morgan fingerprint density at radius 3 is 2.73 bits per heavy atom. The van der Waals surface area contributed by atoms with Crippen LogP contribution >= 0.6 is 11.3 Å². The second kappa shape index (κ2) is 3.17. The number of rotatable bonds is 1. The number of thiazole rings is 1. The first-order chi connectivity index (χ1) is 6.92. The molecule has 1 aliphatic heterocycles. The number of nitrogens with zero attached hydrogens (tertiary/aromatic N) is 2. The molecule has 8 heteroatoms. The fourth-order valence-electron chi connectivity index (χ4n) is 1.13. The smallest absolute Gasteiger partial charge is 0.362 e. The van der Waals surface area contributed by atoms with Crippen LogP contribution in [-0.2, 0) is 0 Å². The van der Waals surface area contributed by atoms with E-state index in [1.54, 1.807) is 10.8 Å². The van der Waals surface area contributed by atoms with Crippen LogP contribution < -0.4 is 5.43 Å². The molecule has 2 N–H and O–H groups in total. The summed E-state index contributed by atoms with van der Waals surface area (Å²) in [7, 11) is 0. The van der Waals surface area contributed by atoms with Crippen LogP contribution in [0, 0.1) is 0 Å². The number of hydrazone groups is 1. The van der Waals surface area contributed by atoms with Crippen molar-refractivity contribution in [2.24, 2.45) is 5.10 Å². The second-order valence-electron chi connectivity index (χ2n) is 3.04. The average molecular weight is 237 g/mol. The lowest BCUT2D eigenvalue weighted by Gasteiger charge is -2.24. The number of hydrogen-bond donors (Lipinski definition) is 2. The fraction of sp³-hybridized carbons (Fsp3) is 0.429. The zero-order valence-corrected chi connectivity index (χ0v) is 8.06. The van der Waals surface area contributed by atoms with Gasteiger partial charge in [0, 0.05) is 11.6 Å². The molecule has 1 atom stereocenters. The van der Waals surface area contributed by atoms with E-state index in [-0.39, 0.29) is 5.71 Å². The van der Waals surface area contributed by atoms with E-state index in [0.29, 0.717) is 5.01 Å². The first kappa shape index (κ1) is 10.4. The molecule has 0 bridgehead atoms. The van der Waals surface area contributed by atoms with Gasteiger partial charge in [-0.15, -0.1) is 11.3 Å². The summed E-state index contributed by atoms with van der Waals surface area (Å²) in [6.07, 6.45) is -3.91. The van der Waals surface area contributed by atoms with Gasteiger partial charge in [0.2, 0.25) is 0 Å². The average Bonchev–Trinajstić information content (AvgIpc) is 2.70. The highest BCUT2D eigenvalue weighted by Gasteiger charge is 2.57. The molecule has 0 amide bonds. The van der Waals surface area contributed by atoms with Gasteiger partial charge in [0.1, 0.15) is 10.7 Å². The van der Waals surface area contributed by atoms with Gasteiger partial charge in [0.15, 0.2) is 0 Å². The topological polar surface area (TPSA) is 57.5 Å².